The van der Waals surface area contributed by atoms with Crippen molar-refractivity contribution < 1.29 is 8.83 Å². The van der Waals surface area contributed by atoms with Crippen LogP contribution in [0.25, 0.3) is 77.3 Å². The third-order valence-corrected chi connectivity index (χ3v) is 14.4. The third kappa shape index (κ3) is 6.00. The van der Waals surface area contributed by atoms with Gasteiger partial charge in [0.15, 0.2) is 0 Å². The van der Waals surface area contributed by atoms with Crippen LogP contribution in [0, 0.1) is 0 Å². The first-order valence-corrected chi connectivity index (χ1v) is 23.5. The van der Waals surface area contributed by atoms with Gasteiger partial charge in [0.2, 0.25) is 0 Å². The molecule has 0 aliphatic carbocycles. The molecule has 4 heterocycles. The van der Waals surface area contributed by atoms with E-state index >= 15 is 0 Å². The number of anilines is 5. The summed E-state index contributed by atoms with van der Waals surface area (Å²) in [6.07, 6.45) is 0. The normalized spacial score (nSPS) is 13.4. The van der Waals surface area contributed by atoms with Gasteiger partial charge in [0, 0.05) is 66.4 Å². The van der Waals surface area contributed by atoms with E-state index in [2.05, 4.69) is 239 Å². The number of rotatable bonds is 4. The van der Waals surface area contributed by atoms with Crippen molar-refractivity contribution in [2.75, 3.05) is 9.71 Å². The lowest BCUT2D eigenvalue weighted by molar-refractivity contribution is 0.590. The van der Waals surface area contributed by atoms with Gasteiger partial charge in [-0.3, -0.25) is 0 Å². The molecule has 0 radical (unpaired) electrons. The van der Waals surface area contributed by atoms with Crippen LogP contribution in [0.3, 0.4) is 0 Å². The minimum Gasteiger partial charge on any atom is -0.456 e. The average Bonchev–Trinajstić information content (AvgIpc) is 3.92. The van der Waals surface area contributed by atoms with E-state index in [-0.39, 0.29) is 17.7 Å². The molecular formula is C62H49BN2O2. The molecule has 0 N–H and O–H groups in total. The minimum atomic E-state index is -0.314. The van der Waals surface area contributed by atoms with E-state index < -0.39 is 0 Å². The molecule has 2 aliphatic heterocycles. The second-order valence-corrected chi connectivity index (χ2v) is 20.5. The summed E-state index contributed by atoms with van der Waals surface area (Å²) in [7, 11) is 0. The zero-order valence-electron chi connectivity index (χ0n) is 38.7. The molecule has 4 nitrogen and oxygen atoms in total. The lowest BCUT2D eigenvalue weighted by atomic mass is 9.43. The molecule has 0 atom stereocenters. The van der Waals surface area contributed by atoms with Gasteiger partial charge < -0.3 is 18.5 Å². The maximum Gasteiger partial charge on any atom is 0.337 e. The predicted molar refractivity (Wildman–Crippen MR) is 283 cm³/mol. The molecule has 2 aliphatic rings. The van der Waals surface area contributed by atoms with Crippen LogP contribution in [-0.2, 0) is 10.8 Å². The summed E-state index contributed by atoms with van der Waals surface area (Å²) in [5, 5.41) is 4.40. The van der Waals surface area contributed by atoms with Gasteiger partial charge in [0.05, 0.1) is 5.69 Å². The van der Waals surface area contributed by atoms with E-state index in [1.54, 1.807) is 0 Å². The van der Waals surface area contributed by atoms with Crippen LogP contribution in [-0.4, -0.2) is 6.85 Å². The molecule has 0 amide bonds. The molecule has 9 aromatic carbocycles. The van der Waals surface area contributed by atoms with Crippen molar-refractivity contribution in [3.05, 3.63) is 199 Å². The van der Waals surface area contributed by atoms with Crippen LogP contribution in [0.1, 0.15) is 52.7 Å². The van der Waals surface area contributed by atoms with Gasteiger partial charge in [-0.2, -0.15) is 0 Å². The van der Waals surface area contributed by atoms with Crippen LogP contribution in [0.4, 0.5) is 28.4 Å². The quantitative estimate of drug-likeness (QED) is 0.165. The summed E-state index contributed by atoms with van der Waals surface area (Å²) in [4.78, 5) is 5.13. The Hall–Kier alpha value is -7.76. The third-order valence-electron chi connectivity index (χ3n) is 14.4. The van der Waals surface area contributed by atoms with E-state index in [1.165, 1.54) is 33.3 Å². The molecular weight excluding hydrogens is 816 g/mol. The largest absolute Gasteiger partial charge is 0.456 e. The Kier molecular flexibility index (Phi) is 8.49. The summed E-state index contributed by atoms with van der Waals surface area (Å²) in [6.45, 7) is 13.4. The maximum absolute atomic E-state index is 7.21. The Morgan fingerprint density at radius 3 is 1.67 bits per heavy atom. The van der Waals surface area contributed by atoms with Crippen LogP contribution in [0.5, 0.6) is 0 Å². The second-order valence-electron chi connectivity index (χ2n) is 20.5. The van der Waals surface area contributed by atoms with Crippen molar-refractivity contribution >= 4 is 90.1 Å². The van der Waals surface area contributed by atoms with Crippen LogP contribution in [0.15, 0.2) is 197 Å². The zero-order valence-corrected chi connectivity index (χ0v) is 38.7. The van der Waals surface area contributed by atoms with Crippen molar-refractivity contribution in [3.8, 4) is 33.4 Å². The van der Waals surface area contributed by atoms with E-state index in [9.17, 15) is 0 Å². The highest BCUT2D eigenvalue weighted by atomic mass is 16.3. The molecule has 0 unspecified atom stereocenters. The number of hydrogen-bond donors (Lipinski definition) is 0. The molecule has 322 valence electrons. The van der Waals surface area contributed by atoms with Gasteiger partial charge in [0.25, 0.3) is 0 Å². The fourth-order valence-electron chi connectivity index (χ4n) is 11.0. The van der Waals surface area contributed by atoms with Crippen molar-refractivity contribution in [1.82, 2.24) is 0 Å². The lowest BCUT2D eigenvalue weighted by Crippen LogP contribution is -2.61. The van der Waals surface area contributed by atoms with Crippen molar-refractivity contribution in [2.24, 2.45) is 0 Å². The first-order valence-electron chi connectivity index (χ1n) is 23.5. The number of benzene rings is 9. The number of furan rings is 2. The van der Waals surface area contributed by atoms with Crippen molar-refractivity contribution in [1.29, 1.82) is 0 Å². The SMILES string of the molecule is CC(C)(C)c1ccc(N2B3c4c(cc5c(oc6ccccc65)c4-c4ccc(-c5ccccc5)cc42)N(c2ccc(C(C)(C)C)cc2-c2ccccc2)c2ccc4c(oc5ccccc54)c23)cc1. The Morgan fingerprint density at radius 1 is 0.388 bits per heavy atom. The molecule has 5 heteroatoms. The molecule has 11 aromatic rings. The number of hydrogen-bond acceptors (Lipinski definition) is 4. The highest BCUT2D eigenvalue weighted by Gasteiger charge is 2.48. The minimum absolute atomic E-state index is 0.0111. The summed E-state index contributed by atoms with van der Waals surface area (Å²) in [6, 6.07) is 69.1. The summed E-state index contributed by atoms with van der Waals surface area (Å²) >= 11 is 0. The topological polar surface area (TPSA) is 32.8 Å². The lowest BCUT2D eigenvalue weighted by Gasteiger charge is -2.46. The first kappa shape index (κ1) is 39.6. The Morgan fingerprint density at radius 2 is 0.985 bits per heavy atom. The van der Waals surface area contributed by atoms with Gasteiger partial charge in [0.1, 0.15) is 22.3 Å². The van der Waals surface area contributed by atoms with Gasteiger partial charge in [-0.25, -0.2) is 0 Å². The molecule has 0 spiro atoms. The number of para-hydroxylation sites is 2. The molecule has 0 bridgehead atoms. The highest BCUT2D eigenvalue weighted by Crippen LogP contribution is 2.53. The highest BCUT2D eigenvalue weighted by molar-refractivity contribution is 6.95. The summed E-state index contributed by atoms with van der Waals surface area (Å²) in [5.41, 5.74) is 20.8. The summed E-state index contributed by atoms with van der Waals surface area (Å²) < 4.78 is 14.4. The molecule has 0 fully saturated rings. The van der Waals surface area contributed by atoms with Crippen molar-refractivity contribution in [3.63, 3.8) is 0 Å². The second kappa shape index (κ2) is 14.4. The van der Waals surface area contributed by atoms with E-state index in [0.29, 0.717) is 0 Å². The number of nitrogens with zero attached hydrogens (tertiary/aromatic N) is 2. The number of fused-ring (bicyclic) bond motifs is 12. The van der Waals surface area contributed by atoms with Crippen LogP contribution >= 0.6 is 0 Å². The molecule has 2 aromatic heterocycles. The standard InChI is InChI=1S/C62H49BN2O2/c1-61(2,3)41-26-29-43(30-27-41)65-52-35-40(38-17-9-7-10-18-38)25-31-47(52)56-57-53(37-49-45-22-14-16-24-55(45)66-59(49)56)64(50-33-28-42(62(4,5)6)36-48(50)39-19-11-8-12-20-39)51-34-32-46-44-21-13-15-23-54(44)67-60(46)58(51)63(57)65/h7-37H,1-6H3. The first-order chi connectivity index (χ1) is 32.5. The van der Waals surface area contributed by atoms with Gasteiger partial charge >= 0.3 is 6.85 Å². The molecule has 13 rings (SSSR count). The van der Waals surface area contributed by atoms with E-state index in [1.807, 2.05) is 0 Å². The van der Waals surface area contributed by atoms with Gasteiger partial charge in [-0.1, -0.05) is 169 Å². The fraction of sp³-hybridized carbons (Fsp3) is 0.129. The molecule has 0 saturated carbocycles. The van der Waals surface area contributed by atoms with Gasteiger partial charge in [-0.15, -0.1) is 0 Å². The monoisotopic (exact) mass is 864 g/mol. The van der Waals surface area contributed by atoms with Crippen LogP contribution < -0.4 is 20.6 Å². The predicted octanol–water partition coefficient (Wildman–Crippen LogP) is 16.1. The van der Waals surface area contributed by atoms with E-state index in [4.69, 9.17) is 8.83 Å². The maximum atomic E-state index is 7.21. The van der Waals surface area contributed by atoms with E-state index in [0.717, 1.165) is 94.5 Å². The van der Waals surface area contributed by atoms with Crippen molar-refractivity contribution in [2.45, 2.75) is 52.4 Å². The Labute approximate surface area is 391 Å². The smallest absolute Gasteiger partial charge is 0.337 e. The van der Waals surface area contributed by atoms with Gasteiger partial charge in [-0.05, 0) is 105 Å². The Bertz CT molecular complexity index is 3780. The summed E-state index contributed by atoms with van der Waals surface area (Å²) in [5.74, 6) is 0. The molecule has 0 saturated heterocycles. The zero-order chi connectivity index (χ0) is 45.3. The average molecular weight is 865 g/mol. The van der Waals surface area contributed by atoms with Crippen LogP contribution in [0.2, 0.25) is 0 Å². The Balaban J connectivity index is 1.22. The fourth-order valence-corrected chi connectivity index (χ4v) is 11.0. The molecule has 67 heavy (non-hydrogen) atoms.